The van der Waals surface area contributed by atoms with E-state index in [1.54, 1.807) is 17.0 Å². The van der Waals surface area contributed by atoms with Gasteiger partial charge in [-0.1, -0.05) is 29.0 Å². The van der Waals surface area contributed by atoms with Crippen LogP contribution in [0.1, 0.15) is 51.9 Å². The molecule has 1 aromatic heterocycles. The molecule has 1 saturated heterocycles. The first-order chi connectivity index (χ1) is 13.8. The summed E-state index contributed by atoms with van der Waals surface area (Å²) in [5.41, 5.74) is 1.74. The molecule has 0 unspecified atom stereocenters. The average Bonchev–Trinajstić information content (AvgIpc) is 3.19. The Bertz CT molecular complexity index is 894. The van der Waals surface area contributed by atoms with Gasteiger partial charge in [0.05, 0.1) is 5.92 Å². The van der Waals surface area contributed by atoms with E-state index in [1.807, 2.05) is 32.9 Å². The highest BCUT2D eigenvalue weighted by molar-refractivity contribution is 7.15. The maximum absolute atomic E-state index is 12.8. The standard InChI is InChI=1S/C20H25N5O3S/c1-12(2)21-16(26)14-5-4-10-25(11-14)20(28)19-24-23-18(29-19)17(27)22-15-8-6-13(3)7-9-15/h6-9,12,14H,4-5,10-11H2,1-3H3,(H,21,26)(H,22,27)/t14-/m1/s1. The third kappa shape index (κ3) is 5.38. The van der Waals surface area contributed by atoms with Crippen molar-refractivity contribution in [2.75, 3.05) is 18.4 Å². The number of aryl methyl sites for hydroxylation is 1. The van der Waals surface area contributed by atoms with E-state index >= 15 is 0 Å². The molecule has 154 valence electrons. The van der Waals surface area contributed by atoms with Crippen molar-refractivity contribution < 1.29 is 14.4 Å². The van der Waals surface area contributed by atoms with Crippen molar-refractivity contribution in [3.05, 3.63) is 39.8 Å². The molecule has 2 heterocycles. The number of benzene rings is 1. The van der Waals surface area contributed by atoms with Crippen LogP contribution in [0.25, 0.3) is 0 Å². The molecule has 1 atom stereocenters. The Hall–Kier alpha value is -2.81. The second-order valence-electron chi connectivity index (χ2n) is 7.49. The smallest absolute Gasteiger partial charge is 0.286 e. The number of carbonyl (C=O) groups is 3. The molecule has 3 rings (SSSR count). The topological polar surface area (TPSA) is 104 Å². The number of hydrogen-bond acceptors (Lipinski definition) is 6. The molecule has 1 aliphatic heterocycles. The SMILES string of the molecule is Cc1ccc(NC(=O)c2nnc(C(=O)N3CCC[C@@H](C(=O)NC(C)C)C3)s2)cc1. The summed E-state index contributed by atoms with van der Waals surface area (Å²) < 4.78 is 0. The van der Waals surface area contributed by atoms with E-state index in [0.29, 0.717) is 18.8 Å². The molecular weight excluding hydrogens is 390 g/mol. The average molecular weight is 416 g/mol. The number of amides is 3. The van der Waals surface area contributed by atoms with Crippen LogP contribution in [0.5, 0.6) is 0 Å². The summed E-state index contributed by atoms with van der Waals surface area (Å²) in [6.07, 6.45) is 1.50. The maximum atomic E-state index is 12.8. The minimum absolute atomic E-state index is 0.0343. The first-order valence-electron chi connectivity index (χ1n) is 9.64. The zero-order valence-electron chi connectivity index (χ0n) is 16.8. The Morgan fingerprint density at radius 1 is 1.14 bits per heavy atom. The number of likely N-dealkylation sites (tertiary alicyclic amines) is 1. The highest BCUT2D eigenvalue weighted by Gasteiger charge is 2.31. The molecule has 2 aromatic rings. The molecule has 8 nitrogen and oxygen atoms in total. The van der Waals surface area contributed by atoms with Crippen molar-refractivity contribution in [3.63, 3.8) is 0 Å². The van der Waals surface area contributed by atoms with Gasteiger partial charge in [0, 0.05) is 24.8 Å². The fourth-order valence-corrected chi connectivity index (χ4v) is 3.84. The van der Waals surface area contributed by atoms with E-state index in [4.69, 9.17) is 0 Å². The number of anilines is 1. The molecular formula is C20H25N5O3S. The van der Waals surface area contributed by atoms with Crippen LogP contribution in [0.15, 0.2) is 24.3 Å². The second-order valence-corrected chi connectivity index (χ2v) is 8.46. The molecule has 0 radical (unpaired) electrons. The lowest BCUT2D eigenvalue weighted by atomic mass is 9.97. The van der Waals surface area contributed by atoms with Crippen molar-refractivity contribution in [2.24, 2.45) is 5.92 Å². The summed E-state index contributed by atoms with van der Waals surface area (Å²) in [6, 6.07) is 7.46. The van der Waals surface area contributed by atoms with Gasteiger partial charge >= 0.3 is 0 Å². The number of rotatable bonds is 5. The predicted molar refractivity (Wildman–Crippen MR) is 111 cm³/mol. The Labute approximate surface area is 173 Å². The lowest BCUT2D eigenvalue weighted by Crippen LogP contribution is -2.46. The van der Waals surface area contributed by atoms with Gasteiger partial charge in [0.15, 0.2) is 0 Å². The molecule has 29 heavy (non-hydrogen) atoms. The number of nitrogens with zero attached hydrogens (tertiary/aromatic N) is 3. The largest absolute Gasteiger partial charge is 0.354 e. The molecule has 1 fully saturated rings. The fraction of sp³-hybridized carbons (Fsp3) is 0.450. The van der Waals surface area contributed by atoms with Crippen LogP contribution >= 0.6 is 11.3 Å². The van der Waals surface area contributed by atoms with Crippen LogP contribution in [0.2, 0.25) is 0 Å². The lowest BCUT2D eigenvalue weighted by Gasteiger charge is -2.31. The summed E-state index contributed by atoms with van der Waals surface area (Å²) in [5, 5.41) is 13.7. The van der Waals surface area contributed by atoms with E-state index in [9.17, 15) is 14.4 Å². The van der Waals surface area contributed by atoms with Crippen molar-refractivity contribution in [1.29, 1.82) is 0 Å². The summed E-state index contributed by atoms with van der Waals surface area (Å²) in [4.78, 5) is 39.1. The van der Waals surface area contributed by atoms with E-state index in [1.165, 1.54) is 0 Å². The summed E-state index contributed by atoms with van der Waals surface area (Å²) >= 11 is 0.959. The number of aromatic nitrogens is 2. The van der Waals surface area contributed by atoms with Crippen molar-refractivity contribution in [3.8, 4) is 0 Å². The van der Waals surface area contributed by atoms with E-state index < -0.39 is 5.91 Å². The zero-order chi connectivity index (χ0) is 21.0. The van der Waals surface area contributed by atoms with E-state index in [0.717, 1.165) is 29.7 Å². The number of piperidine rings is 1. The summed E-state index contributed by atoms with van der Waals surface area (Å²) in [6.45, 7) is 6.70. The highest BCUT2D eigenvalue weighted by atomic mass is 32.1. The maximum Gasteiger partial charge on any atom is 0.286 e. The summed E-state index contributed by atoms with van der Waals surface area (Å²) in [5.74, 6) is -0.961. The molecule has 3 amide bonds. The van der Waals surface area contributed by atoms with Gasteiger partial charge in [0.1, 0.15) is 0 Å². The number of hydrogen-bond donors (Lipinski definition) is 2. The number of carbonyl (C=O) groups excluding carboxylic acids is 3. The predicted octanol–water partition coefficient (Wildman–Crippen LogP) is 2.48. The van der Waals surface area contributed by atoms with Gasteiger partial charge in [-0.25, -0.2) is 0 Å². The highest BCUT2D eigenvalue weighted by Crippen LogP contribution is 2.21. The van der Waals surface area contributed by atoms with Gasteiger partial charge in [0.2, 0.25) is 15.9 Å². The van der Waals surface area contributed by atoms with Gasteiger partial charge in [0.25, 0.3) is 11.8 Å². The van der Waals surface area contributed by atoms with Gasteiger partial charge < -0.3 is 15.5 Å². The van der Waals surface area contributed by atoms with Gasteiger partial charge in [-0.2, -0.15) is 0 Å². The lowest BCUT2D eigenvalue weighted by molar-refractivity contribution is -0.126. The van der Waals surface area contributed by atoms with Crippen LogP contribution < -0.4 is 10.6 Å². The van der Waals surface area contributed by atoms with E-state index in [2.05, 4.69) is 20.8 Å². The Morgan fingerprint density at radius 3 is 2.52 bits per heavy atom. The molecule has 0 bridgehead atoms. The Balaban J connectivity index is 1.63. The third-order valence-corrected chi connectivity index (χ3v) is 5.53. The van der Waals surface area contributed by atoms with E-state index in [-0.39, 0.29) is 33.8 Å². The van der Waals surface area contributed by atoms with Gasteiger partial charge in [-0.3, -0.25) is 14.4 Å². The molecule has 1 aliphatic rings. The first-order valence-corrected chi connectivity index (χ1v) is 10.5. The minimum atomic E-state index is -0.404. The van der Waals surface area contributed by atoms with Gasteiger partial charge in [-0.15, -0.1) is 10.2 Å². The van der Waals surface area contributed by atoms with Crippen molar-refractivity contribution in [1.82, 2.24) is 20.4 Å². The Morgan fingerprint density at radius 2 is 1.83 bits per heavy atom. The summed E-state index contributed by atoms with van der Waals surface area (Å²) in [7, 11) is 0. The second kappa shape index (κ2) is 9.13. The Kier molecular flexibility index (Phi) is 6.58. The number of nitrogens with one attached hydrogen (secondary N) is 2. The molecule has 2 N–H and O–H groups in total. The molecule has 1 aromatic carbocycles. The van der Waals surface area contributed by atoms with Crippen LogP contribution in [0, 0.1) is 12.8 Å². The van der Waals surface area contributed by atoms with Crippen LogP contribution in [0.3, 0.4) is 0 Å². The van der Waals surface area contributed by atoms with Crippen LogP contribution in [0.4, 0.5) is 5.69 Å². The molecule has 0 spiro atoms. The molecule has 0 saturated carbocycles. The third-order valence-electron chi connectivity index (χ3n) is 4.62. The normalized spacial score (nSPS) is 16.6. The van der Waals surface area contributed by atoms with Crippen LogP contribution in [-0.2, 0) is 4.79 Å². The van der Waals surface area contributed by atoms with Crippen molar-refractivity contribution >= 4 is 34.7 Å². The quantitative estimate of drug-likeness (QED) is 0.781. The minimum Gasteiger partial charge on any atom is -0.354 e. The molecule has 9 heteroatoms. The first kappa shape index (κ1) is 20.9. The van der Waals surface area contributed by atoms with Crippen molar-refractivity contribution in [2.45, 2.75) is 39.7 Å². The zero-order valence-corrected chi connectivity index (χ0v) is 17.6. The fourth-order valence-electron chi connectivity index (χ4n) is 3.14. The monoisotopic (exact) mass is 415 g/mol. The van der Waals surface area contributed by atoms with Crippen LogP contribution in [-0.4, -0.2) is 52.0 Å². The van der Waals surface area contributed by atoms with Gasteiger partial charge in [-0.05, 0) is 45.7 Å². The molecule has 0 aliphatic carbocycles.